The zero-order chi connectivity index (χ0) is 15.4. The first-order valence-corrected chi connectivity index (χ1v) is 7.87. The zero-order valence-electron chi connectivity index (χ0n) is 12.1. The molecule has 1 unspecified atom stereocenters. The van der Waals surface area contributed by atoms with Gasteiger partial charge in [0.2, 0.25) is 0 Å². The third-order valence-electron chi connectivity index (χ3n) is 3.46. The van der Waals surface area contributed by atoms with Crippen LogP contribution >= 0.6 is 47.2 Å². The van der Waals surface area contributed by atoms with Crippen molar-refractivity contribution in [2.45, 2.75) is 18.9 Å². The Balaban J connectivity index is 0.00000242. The van der Waals surface area contributed by atoms with Gasteiger partial charge in [-0.05, 0) is 26.0 Å². The van der Waals surface area contributed by atoms with Gasteiger partial charge in [0.1, 0.15) is 5.75 Å². The van der Waals surface area contributed by atoms with Gasteiger partial charge in [-0.2, -0.15) is 0 Å². The van der Waals surface area contributed by atoms with E-state index < -0.39 is 0 Å². The number of likely N-dealkylation sites (tertiary alicyclic amines) is 1. The first-order chi connectivity index (χ1) is 10.0. The first-order valence-electron chi connectivity index (χ1n) is 6.74. The molecule has 1 aromatic carbocycles. The predicted octanol–water partition coefficient (Wildman–Crippen LogP) is 3.66. The summed E-state index contributed by atoms with van der Waals surface area (Å²) in [4.78, 5) is 14.1. The molecule has 0 radical (unpaired) electrons. The van der Waals surface area contributed by atoms with E-state index in [1.54, 1.807) is 0 Å². The second kappa shape index (κ2) is 9.04. The van der Waals surface area contributed by atoms with Crippen molar-refractivity contribution in [3.05, 3.63) is 27.2 Å². The molecule has 0 bridgehead atoms. The van der Waals surface area contributed by atoms with Crippen LogP contribution in [0.1, 0.15) is 12.8 Å². The molecule has 8 heteroatoms. The summed E-state index contributed by atoms with van der Waals surface area (Å²) in [5, 5.41) is 4.14. The number of benzene rings is 1. The van der Waals surface area contributed by atoms with E-state index in [1.807, 2.05) is 11.9 Å². The quantitative estimate of drug-likeness (QED) is 0.784. The monoisotopic (exact) mass is 386 g/mol. The fourth-order valence-corrected chi connectivity index (χ4v) is 3.04. The molecule has 0 saturated carbocycles. The van der Waals surface area contributed by atoms with E-state index in [2.05, 4.69) is 5.32 Å². The minimum absolute atomic E-state index is 0. The number of halogens is 4. The molecule has 1 aliphatic heterocycles. The SMILES string of the molecule is CNCC1CCCN1C(=O)COc1cc(Cl)c(Cl)cc1Cl.Cl. The van der Waals surface area contributed by atoms with Gasteiger partial charge in [-0.3, -0.25) is 4.79 Å². The molecule has 1 atom stereocenters. The van der Waals surface area contributed by atoms with Crippen LogP contribution in [0.15, 0.2) is 12.1 Å². The molecular weight excluding hydrogens is 370 g/mol. The Morgan fingerprint density at radius 2 is 2.00 bits per heavy atom. The highest BCUT2D eigenvalue weighted by molar-refractivity contribution is 6.43. The van der Waals surface area contributed by atoms with Crippen molar-refractivity contribution in [1.29, 1.82) is 0 Å². The van der Waals surface area contributed by atoms with Crippen molar-refractivity contribution in [3.63, 3.8) is 0 Å². The van der Waals surface area contributed by atoms with Crippen LogP contribution in [0.4, 0.5) is 0 Å². The summed E-state index contributed by atoms with van der Waals surface area (Å²) in [7, 11) is 1.88. The fraction of sp³-hybridized carbons (Fsp3) is 0.500. The third kappa shape index (κ3) is 4.80. The minimum atomic E-state index is -0.0576. The van der Waals surface area contributed by atoms with Crippen molar-refractivity contribution >= 4 is 53.1 Å². The van der Waals surface area contributed by atoms with Crippen molar-refractivity contribution in [3.8, 4) is 5.75 Å². The highest BCUT2D eigenvalue weighted by Gasteiger charge is 2.28. The first kappa shape index (κ1) is 19.7. The molecule has 2 rings (SSSR count). The number of nitrogens with one attached hydrogen (secondary N) is 1. The van der Waals surface area contributed by atoms with Crippen molar-refractivity contribution in [2.75, 3.05) is 26.7 Å². The number of carbonyl (C=O) groups excluding carboxylic acids is 1. The molecule has 1 N–H and O–H groups in total. The minimum Gasteiger partial charge on any atom is -0.482 e. The second-order valence-electron chi connectivity index (χ2n) is 4.93. The fourth-order valence-electron chi connectivity index (χ4n) is 2.45. The van der Waals surface area contributed by atoms with Crippen LogP contribution in [0.25, 0.3) is 0 Å². The van der Waals surface area contributed by atoms with Crippen molar-refractivity contribution in [2.24, 2.45) is 0 Å². The molecule has 1 fully saturated rings. The van der Waals surface area contributed by atoms with Gasteiger partial charge in [-0.1, -0.05) is 34.8 Å². The number of ether oxygens (including phenoxy) is 1. The van der Waals surface area contributed by atoms with E-state index >= 15 is 0 Å². The summed E-state index contributed by atoms with van der Waals surface area (Å²) in [5.41, 5.74) is 0. The van der Waals surface area contributed by atoms with Gasteiger partial charge in [-0.25, -0.2) is 0 Å². The third-order valence-corrected chi connectivity index (χ3v) is 4.48. The predicted molar refractivity (Wildman–Crippen MR) is 92.9 cm³/mol. The highest BCUT2D eigenvalue weighted by atomic mass is 35.5. The Kier molecular flexibility index (Phi) is 8.08. The molecule has 1 aliphatic rings. The zero-order valence-corrected chi connectivity index (χ0v) is 15.2. The van der Waals surface area contributed by atoms with Gasteiger partial charge in [0.25, 0.3) is 5.91 Å². The van der Waals surface area contributed by atoms with Crippen LogP contribution in [-0.2, 0) is 4.79 Å². The molecule has 0 aliphatic carbocycles. The average Bonchev–Trinajstić information content (AvgIpc) is 2.90. The average molecular weight is 388 g/mol. The van der Waals surface area contributed by atoms with Gasteiger partial charge in [0.05, 0.1) is 15.1 Å². The lowest BCUT2D eigenvalue weighted by Gasteiger charge is -2.24. The van der Waals surface area contributed by atoms with Crippen LogP contribution in [0.5, 0.6) is 5.75 Å². The van der Waals surface area contributed by atoms with Gasteiger partial charge < -0.3 is 15.0 Å². The lowest BCUT2D eigenvalue weighted by atomic mass is 10.2. The Hall–Kier alpha value is -0.390. The molecule has 22 heavy (non-hydrogen) atoms. The molecule has 1 saturated heterocycles. The Morgan fingerprint density at radius 3 is 2.68 bits per heavy atom. The number of amides is 1. The number of carbonyl (C=O) groups is 1. The van der Waals surface area contributed by atoms with E-state index in [-0.39, 0.29) is 31.0 Å². The topological polar surface area (TPSA) is 41.6 Å². The van der Waals surface area contributed by atoms with Gasteiger partial charge in [-0.15, -0.1) is 12.4 Å². The molecule has 1 amide bonds. The summed E-state index contributed by atoms with van der Waals surface area (Å²) >= 11 is 17.8. The number of nitrogens with zero attached hydrogens (tertiary/aromatic N) is 1. The smallest absolute Gasteiger partial charge is 0.260 e. The van der Waals surface area contributed by atoms with Crippen LogP contribution < -0.4 is 10.1 Å². The standard InChI is InChI=1S/C14H17Cl3N2O2.ClH/c1-18-7-9-3-2-4-19(9)14(20)8-21-13-6-11(16)10(15)5-12(13)17;/h5-6,9,18H,2-4,7-8H2,1H3;1H. The van der Waals surface area contributed by atoms with Crippen LogP contribution in [0.2, 0.25) is 15.1 Å². The lowest BCUT2D eigenvalue weighted by Crippen LogP contribution is -2.43. The lowest BCUT2D eigenvalue weighted by molar-refractivity contribution is -0.134. The summed E-state index contributed by atoms with van der Waals surface area (Å²) in [5.74, 6) is 0.318. The van der Waals surface area contributed by atoms with Crippen molar-refractivity contribution in [1.82, 2.24) is 10.2 Å². The van der Waals surface area contributed by atoms with Gasteiger partial charge >= 0.3 is 0 Å². The molecule has 1 heterocycles. The van der Waals surface area contributed by atoms with E-state index in [0.29, 0.717) is 20.8 Å². The van der Waals surface area contributed by atoms with Gasteiger partial charge in [0, 0.05) is 25.2 Å². The van der Waals surface area contributed by atoms with Gasteiger partial charge in [0.15, 0.2) is 6.61 Å². The molecule has 0 aromatic heterocycles. The molecule has 0 spiro atoms. The Morgan fingerprint density at radius 1 is 1.32 bits per heavy atom. The number of hydrogen-bond donors (Lipinski definition) is 1. The van der Waals surface area contributed by atoms with Crippen molar-refractivity contribution < 1.29 is 9.53 Å². The number of likely N-dealkylation sites (N-methyl/N-ethyl adjacent to an activating group) is 1. The summed E-state index contributed by atoms with van der Waals surface area (Å²) in [6, 6.07) is 3.26. The molecular formula is C14H18Cl4N2O2. The van der Waals surface area contributed by atoms with E-state index in [9.17, 15) is 4.79 Å². The highest BCUT2D eigenvalue weighted by Crippen LogP contribution is 2.33. The molecule has 1 aromatic rings. The molecule has 124 valence electrons. The maximum Gasteiger partial charge on any atom is 0.260 e. The largest absolute Gasteiger partial charge is 0.482 e. The molecule has 4 nitrogen and oxygen atoms in total. The van der Waals surface area contributed by atoms with Crippen LogP contribution in [0, 0.1) is 0 Å². The number of rotatable bonds is 5. The van der Waals surface area contributed by atoms with Crippen LogP contribution in [-0.4, -0.2) is 43.6 Å². The maximum absolute atomic E-state index is 12.2. The normalized spacial score (nSPS) is 17.3. The van der Waals surface area contributed by atoms with Crippen LogP contribution in [0.3, 0.4) is 0 Å². The summed E-state index contributed by atoms with van der Waals surface area (Å²) in [6.45, 7) is 1.50. The second-order valence-corrected chi connectivity index (χ2v) is 6.15. The Bertz CT molecular complexity index is 528. The number of hydrogen-bond acceptors (Lipinski definition) is 3. The maximum atomic E-state index is 12.2. The van der Waals surface area contributed by atoms with E-state index in [1.165, 1.54) is 12.1 Å². The summed E-state index contributed by atoms with van der Waals surface area (Å²) < 4.78 is 5.49. The van der Waals surface area contributed by atoms with E-state index in [4.69, 9.17) is 39.5 Å². The Labute approximate surface area is 151 Å². The van der Waals surface area contributed by atoms with E-state index in [0.717, 1.165) is 25.9 Å². The summed E-state index contributed by atoms with van der Waals surface area (Å²) in [6.07, 6.45) is 2.03.